The summed E-state index contributed by atoms with van der Waals surface area (Å²) in [5, 5.41) is 0. The Balaban J connectivity index is 2.56. The van der Waals surface area contributed by atoms with Gasteiger partial charge in [0.05, 0.1) is 17.1 Å². The third-order valence-corrected chi connectivity index (χ3v) is 3.29. The Kier molecular flexibility index (Phi) is 4.05. The second-order valence-corrected chi connectivity index (χ2v) is 5.40. The molecular formula is C16H23N3. The smallest absolute Gasteiger partial charge is 0.127 e. The monoisotopic (exact) mass is 257 g/mol. The minimum Gasteiger partial charge on any atom is -0.323 e. The molecule has 0 aliphatic heterocycles. The van der Waals surface area contributed by atoms with Gasteiger partial charge in [0.25, 0.3) is 0 Å². The van der Waals surface area contributed by atoms with E-state index in [0.29, 0.717) is 0 Å². The van der Waals surface area contributed by atoms with E-state index in [0.717, 1.165) is 41.8 Å². The molecule has 3 nitrogen and oxygen atoms in total. The van der Waals surface area contributed by atoms with E-state index < -0.39 is 0 Å². The molecule has 1 atom stereocenters. The molecule has 2 rings (SSSR count). The highest BCUT2D eigenvalue weighted by atomic mass is 15.1. The first kappa shape index (κ1) is 13.8. The fourth-order valence-corrected chi connectivity index (χ4v) is 2.42. The topological polar surface area (TPSA) is 43.8 Å². The van der Waals surface area contributed by atoms with Crippen molar-refractivity contribution in [3.05, 3.63) is 41.7 Å². The minimum atomic E-state index is -0.00273. The zero-order chi connectivity index (χ0) is 14.0. The Morgan fingerprint density at radius 2 is 2.21 bits per heavy atom. The molecule has 0 amide bonds. The van der Waals surface area contributed by atoms with Crippen molar-refractivity contribution in [1.82, 2.24) is 9.55 Å². The fraction of sp³-hybridized carbons (Fsp3) is 0.438. The molecule has 1 heterocycles. The van der Waals surface area contributed by atoms with Crippen LogP contribution in [0, 0.1) is 6.92 Å². The first-order chi connectivity index (χ1) is 9.02. The number of aromatic nitrogens is 2. The average molecular weight is 257 g/mol. The highest BCUT2D eigenvalue weighted by Gasteiger charge is 2.16. The summed E-state index contributed by atoms with van der Waals surface area (Å²) in [5.74, 6) is 0.977. The van der Waals surface area contributed by atoms with E-state index in [1.807, 2.05) is 6.92 Å². The van der Waals surface area contributed by atoms with Gasteiger partial charge in [-0.2, -0.15) is 0 Å². The zero-order valence-electron chi connectivity index (χ0n) is 12.1. The summed E-state index contributed by atoms with van der Waals surface area (Å²) in [7, 11) is 0. The van der Waals surface area contributed by atoms with Crippen LogP contribution in [0.15, 0.2) is 30.4 Å². The summed E-state index contributed by atoms with van der Waals surface area (Å²) in [6.45, 7) is 11.1. The van der Waals surface area contributed by atoms with Crippen molar-refractivity contribution >= 4 is 11.0 Å². The van der Waals surface area contributed by atoms with E-state index >= 15 is 0 Å². The van der Waals surface area contributed by atoms with Gasteiger partial charge in [-0.15, -0.1) is 0 Å². The highest BCUT2D eigenvalue weighted by Crippen LogP contribution is 2.24. The molecular weight excluding hydrogens is 234 g/mol. The minimum absolute atomic E-state index is 0.00273. The van der Waals surface area contributed by atoms with E-state index in [9.17, 15) is 0 Å². The van der Waals surface area contributed by atoms with E-state index in [1.165, 1.54) is 5.56 Å². The molecule has 0 radical (unpaired) electrons. The van der Waals surface area contributed by atoms with Gasteiger partial charge in [-0.1, -0.05) is 31.6 Å². The number of fused-ring (bicyclic) bond motifs is 1. The average Bonchev–Trinajstić information content (AvgIpc) is 2.67. The van der Waals surface area contributed by atoms with E-state index in [-0.39, 0.29) is 6.04 Å². The van der Waals surface area contributed by atoms with Crippen LogP contribution in [-0.4, -0.2) is 9.55 Å². The maximum absolute atomic E-state index is 6.27. The SMILES string of the molecule is C=C(C)Cn1c(C(N)CCC)nc2cc(C)ccc21. The van der Waals surface area contributed by atoms with Crippen LogP contribution in [0.1, 0.15) is 44.1 Å². The number of benzene rings is 1. The van der Waals surface area contributed by atoms with Crippen molar-refractivity contribution in [3.8, 4) is 0 Å². The largest absolute Gasteiger partial charge is 0.323 e. The Labute approximate surface area is 115 Å². The van der Waals surface area contributed by atoms with E-state index in [1.54, 1.807) is 0 Å². The predicted octanol–water partition coefficient (Wildman–Crippen LogP) is 3.72. The lowest BCUT2D eigenvalue weighted by atomic mass is 10.1. The van der Waals surface area contributed by atoms with Crippen LogP contribution >= 0.6 is 0 Å². The van der Waals surface area contributed by atoms with Crippen LogP contribution in [0.4, 0.5) is 0 Å². The third-order valence-electron chi connectivity index (χ3n) is 3.29. The van der Waals surface area contributed by atoms with E-state index in [4.69, 9.17) is 10.7 Å². The third kappa shape index (κ3) is 2.87. The number of rotatable bonds is 5. The van der Waals surface area contributed by atoms with Crippen LogP contribution < -0.4 is 5.73 Å². The lowest BCUT2D eigenvalue weighted by Crippen LogP contribution is -2.17. The highest BCUT2D eigenvalue weighted by molar-refractivity contribution is 5.77. The van der Waals surface area contributed by atoms with E-state index in [2.05, 4.69) is 43.2 Å². The van der Waals surface area contributed by atoms with Gasteiger partial charge in [0.1, 0.15) is 5.82 Å². The maximum atomic E-state index is 6.27. The number of allylic oxidation sites excluding steroid dienone is 1. The number of aryl methyl sites for hydroxylation is 1. The fourth-order valence-electron chi connectivity index (χ4n) is 2.42. The predicted molar refractivity (Wildman–Crippen MR) is 81.1 cm³/mol. The molecule has 0 spiro atoms. The molecule has 0 saturated carbocycles. The van der Waals surface area contributed by atoms with Crippen molar-refractivity contribution in [3.63, 3.8) is 0 Å². The van der Waals surface area contributed by atoms with Gasteiger partial charge in [-0.25, -0.2) is 4.98 Å². The van der Waals surface area contributed by atoms with Gasteiger partial charge in [-0.3, -0.25) is 0 Å². The summed E-state index contributed by atoms with van der Waals surface area (Å²) in [4.78, 5) is 4.74. The van der Waals surface area contributed by atoms with Crippen molar-refractivity contribution < 1.29 is 0 Å². The van der Waals surface area contributed by atoms with Gasteiger partial charge in [0.15, 0.2) is 0 Å². The van der Waals surface area contributed by atoms with Crippen molar-refractivity contribution in [2.75, 3.05) is 0 Å². The molecule has 0 saturated heterocycles. The molecule has 1 aromatic carbocycles. The number of imidazole rings is 1. The lowest BCUT2D eigenvalue weighted by Gasteiger charge is -2.14. The Bertz CT molecular complexity index is 595. The van der Waals surface area contributed by atoms with Crippen LogP contribution in [0.3, 0.4) is 0 Å². The molecule has 19 heavy (non-hydrogen) atoms. The molecule has 0 aliphatic carbocycles. The molecule has 2 aromatic rings. The Morgan fingerprint density at radius 1 is 1.47 bits per heavy atom. The number of hydrogen-bond acceptors (Lipinski definition) is 2. The van der Waals surface area contributed by atoms with Crippen LogP contribution in [0.2, 0.25) is 0 Å². The van der Waals surface area contributed by atoms with Gasteiger partial charge in [0, 0.05) is 6.54 Å². The molecule has 1 unspecified atom stereocenters. The summed E-state index contributed by atoms with van der Waals surface area (Å²) in [6.07, 6.45) is 2.02. The van der Waals surface area contributed by atoms with Crippen LogP contribution in [-0.2, 0) is 6.54 Å². The number of hydrogen-bond donors (Lipinski definition) is 1. The van der Waals surface area contributed by atoms with Gasteiger partial charge < -0.3 is 10.3 Å². The maximum Gasteiger partial charge on any atom is 0.127 e. The van der Waals surface area contributed by atoms with Gasteiger partial charge in [-0.05, 0) is 38.0 Å². The molecule has 0 aliphatic rings. The zero-order valence-corrected chi connectivity index (χ0v) is 12.1. The molecule has 3 heteroatoms. The molecule has 0 bridgehead atoms. The van der Waals surface area contributed by atoms with Crippen molar-refractivity contribution in [1.29, 1.82) is 0 Å². The molecule has 0 fully saturated rings. The quantitative estimate of drug-likeness (QED) is 0.830. The number of nitrogens with zero attached hydrogens (tertiary/aromatic N) is 2. The first-order valence-corrected chi connectivity index (χ1v) is 6.89. The summed E-state index contributed by atoms with van der Waals surface area (Å²) in [6, 6.07) is 6.36. The second kappa shape index (κ2) is 5.57. The molecule has 2 N–H and O–H groups in total. The van der Waals surface area contributed by atoms with Gasteiger partial charge in [0.2, 0.25) is 0 Å². The van der Waals surface area contributed by atoms with Crippen LogP contribution in [0.25, 0.3) is 11.0 Å². The first-order valence-electron chi connectivity index (χ1n) is 6.89. The molecule has 1 aromatic heterocycles. The van der Waals surface area contributed by atoms with Crippen LogP contribution in [0.5, 0.6) is 0 Å². The summed E-state index contributed by atoms with van der Waals surface area (Å²) in [5.41, 5.74) is 10.8. The Morgan fingerprint density at radius 3 is 2.84 bits per heavy atom. The summed E-state index contributed by atoms with van der Waals surface area (Å²) >= 11 is 0. The number of nitrogens with two attached hydrogens (primary N) is 1. The summed E-state index contributed by atoms with van der Waals surface area (Å²) < 4.78 is 2.21. The lowest BCUT2D eigenvalue weighted by molar-refractivity contribution is 0.570. The standard InChI is InChI=1S/C16H23N3/c1-5-6-13(17)16-18-14-9-12(4)7-8-15(14)19(16)10-11(2)3/h7-9,13H,2,5-6,10,17H2,1,3-4H3. The normalized spacial score (nSPS) is 12.8. The second-order valence-electron chi connectivity index (χ2n) is 5.40. The molecule has 102 valence electrons. The Hall–Kier alpha value is -1.61. The van der Waals surface area contributed by atoms with Crippen molar-refractivity contribution in [2.24, 2.45) is 5.73 Å². The van der Waals surface area contributed by atoms with Crippen molar-refractivity contribution in [2.45, 2.75) is 46.2 Å². The van der Waals surface area contributed by atoms with Gasteiger partial charge >= 0.3 is 0 Å².